The number of rotatable bonds is 4. The molecule has 28 heavy (non-hydrogen) atoms. The van der Waals surface area contributed by atoms with Crippen LogP contribution in [0.4, 0.5) is 0 Å². The minimum absolute atomic E-state index is 0.135. The van der Waals surface area contributed by atoms with Crippen LogP contribution in [0.1, 0.15) is 18.4 Å². The zero-order valence-corrected chi connectivity index (χ0v) is 16.4. The van der Waals surface area contributed by atoms with Crippen LogP contribution >= 0.6 is 11.6 Å². The molecule has 0 N–H and O–H groups in total. The van der Waals surface area contributed by atoms with Gasteiger partial charge in [-0.3, -0.25) is 4.79 Å². The third kappa shape index (κ3) is 4.02. The maximum absolute atomic E-state index is 12.9. The van der Waals surface area contributed by atoms with Crippen molar-refractivity contribution < 1.29 is 4.79 Å². The molecule has 1 aliphatic heterocycles. The predicted octanol–water partition coefficient (Wildman–Crippen LogP) is 4.91. The molecule has 1 aliphatic rings. The van der Waals surface area contributed by atoms with Crippen LogP contribution in [0.15, 0.2) is 72.9 Å². The Morgan fingerprint density at radius 2 is 1.71 bits per heavy atom. The monoisotopic (exact) mass is 391 g/mol. The molecule has 2 aromatic carbocycles. The van der Waals surface area contributed by atoms with Gasteiger partial charge in [0.2, 0.25) is 5.91 Å². The highest BCUT2D eigenvalue weighted by Gasteiger charge is 2.21. The molecule has 0 unspecified atom stereocenters. The number of hydrogen-bond acceptors (Lipinski definition) is 2. The van der Waals surface area contributed by atoms with Gasteiger partial charge in [0.1, 0.15) is 0 Å². The second-order valence-corrected chi connectivity index (χ2v) is 7.53. The molecule has 1 saturated heterocycles. The van der Waals surface area contributed by atoms with E-state index in [9.17, 15) is 4.79 Å². The van der Waals surface area contributed by atoms with E-state index in [1.54, 1.807) is 0 Å². The Bertz CT molecular complexity index is 982. The third-order valence-electron chi connectivity index (χ3n) is 5.09. The van der Waals surface area contributed by atoms with Crippen LogP contribution < -0.4 is 0 Å². The molecule has 1 fully saturated rings. The molecule has 5 heteroatoms. The predicted molar refractivity (Wildman–Crippen MR) is 113 cm³/mol. The van der Waals surface area contributed by atoms with Gasteiger partial charge in [-0.2, -0.15) is 5.10 Å². The Kier molecular flexibility index (Phi) is 5.31. The highest BCUT2D eigenvalue weighted by molar-refractivity contribution is 6.30. The first-order valence-corrected chi connectivity index (χ1v) is 9.82. The summed E-state index contributed by atoms with van der Waals surface area (Å²) in [7, 11) is 0. The lowest BCUT2D eigenvalue weighted by atomic mass is 10.0. The van der Waals surface area contributed by atoms with E-state index in [-0.39, 0.29) is 5.91 Å². The number of aromatic nitrogens is 2. The van der Waals surface area contributed by atoms with Gasteiger partial charge < -0.3 is 4.90 Å². The standard InChI is InChI=1S/C23H22ClN3O/c1-17-11-13-26(14-12-17)22(28)15-19-16-27(21-5-3-2-4-6-21)25-23(19)18-7-9-20(24)10-8-18/h2-10,16H,1,11-15H2. The Balaban J connectivity index is 1.66. The molecule has 0 aliphatic carbocycles. The lowest BCUT2D eigenvalue weighted by molar-refractivity contribution is -0.130. The van der Waals surface area contributed by atoms with Crippen molar-refractivity contribution in [1.29, 1.82) is 0 Å². The average Bonchev–Trinajstić information content (AvgIpc) is 3.13. The van der Waals surface area contributed by atoms with Crippen LogP contribution in [0.25, 0.3) is 16.9 Å². The summed E-state index contributed by atoms with van der Waals surface area (Å²) in [6.45, 7) is 5.53. The van der Waals surface area contributed by atoms with Gasteiger partial charge in [-0.05, 0) is 37.1 Å². The Morgan fingerprint density at radius 3 is 2.39 bits per heavy atom. The number of likely N-dealkylation sites (tertiary alicyclic amines) is 1. The largest absolute Gasteiger partial charge is 0.342 e. The fourth-order valence-corrected chi connectivity index (χ4v) is 3.58. The van der Waals surface area contributed by atoms with Gasteiger partial charge in [0.05, 0.1) is 17.8 Å². The van der Waals surface area contributed by atoms with Gasteiger partial charge in [0.25, 0.3) is 0 Å². The molecular weight excluding hydrogens is 370 g/mol. The summed E-state index contributed by atoms with van der Waals surface area (Å²) in [5.41, 5.74) is 4.87. The quantitative estimate of drug-likeness (QED) is 0.592. The van der Waals surface area contributed by atoms with Crippen LogP contribution in [0.2, 0.25) is 5.02 Å². The number of para-hydroxylation sites is 1. The fraction of sp³-hybridized carbons (Fsp3) is 0.217. The third-order valence-corrected chi connectivity index (χ3v) is 5.35. The average molecular weight is 392 g/mol. The molecule has 0 saturated carbocycles. The Morgan fingerprint density at radius 1 is 1.04 bits per heavy atom. The number of halogens is 1. The summed E-state index contributed by atoms with van der Waals surface area (Å²) in [6, 6.07) is 17.5. The Labute approximate surface area is 170 Å². The van der Waals surface area contributed by atoms with E-state index >= 15 is 0 Å². The first kappa shape index (κ1) is 18.5. The minimum atomic E-state index is 0.135. The van der Waals surface area contributed by atoms with Crippen molar-refractivity contribution in [1.82, 2.24) is 14.7 Å². The van der Waals surface area contributed by atoms with E-state index in [1.807, 2.05) is 70.4 Å². The summed E-state index contributed by atoms with van der Waals surface area (Å²) < 4.78 is 1.84. The molecule has 1 amide bonds. The lowest BCUT2D eigenvalue weighted by Crippen LogP contribution is -2.37. The zero-order valence-electron chi connectivity index (χ0n) is 15.6. The summed E-state index contributed by atoms with van der Waals surface area (Å²) in [5, 5.41) is 5.46. The summed E-state index contributed by atoms with van der Waals surface area (Å²) in [4.78, 5) is 14.8. The molecule has 3 aromatic rings. The number of amides is 1. The fourth-order valence-electron chi connectivity index (χ4n) is 3.45. The number of carbonyl (C=O) groups excluding carboxylic acids is 1. The minimum Gasteiger partial charge on any atom is -0.342 e. The van der Waals surface area contributed by atoms with Crippen LogP contribution in [0.5, 0.6) is 0 Å². The lowest BCUT2D eigenvalue weighted by Gasteiger charge is -2.28. The van der Waals surface area contributed by atoms with E-state index in [2.05, 4.69) is 6.58 Å². The van der Waals surface area contributed by atoms with Gasteiger partial charge in [0.15, 0.2) is 0 Å². The van der Waals surface area contributed by atoms with Crippen molar-refractivity contribution in [2.75, 3.05) is 13.1 Å². The topological polar surface area (TPSA) is 38.1 Å². The van der Waals surface area contributed by atoms with Crippen molar-refractivity contribution in [3.63, 3.8) is 0 Å². The molecule has 0 spiro atoms. The Hall–Kier alpha value is -2.85. The molecule has 0 radical (unpaired) electrons. The van der Waals surface area contributed by atoms with Crippen molar-refractivity contribution in [3.05, 3.63) is 83.5 Å². The second kappa shape index (κ2) is 8.03. The second-order valence-electron chi connectivity index (χ2n) is 7.10. The van der Waals surface area contributed by atoms with Crippen LogP contribution in [0, 0.1) is 0 Å². The molecule has 142 valence electrons. The van der Waals surface area contributed by atoms with E-state index in [4.69, 9.17) is 16.7 Å². The van der Waals surface area contributed by atoms with Gasteiger partial charge in [0, 0.05) is 35.4 Å². The molecule has 4 nitrogen and oxygen atoms in total. The maximum Gasteiger partial charge on any atom is 0.227 e. The number of carbonyl (C=O) groups is 1. The smallest absolute Gasteiger partial charge is 0.227 e. The molecule has 0 bridgehead atoms. The van der Waals surface area contributed by atoms with E-state index in [0.29, 0.717) is 11.4 Å². The normalized spacial score (nSPS) is 14.3. The molecule has 0 atom stereocenters. The molecular formula is C23H22ClN3O. The van der Waals surface area contributed by atoms with Crippen molar-refractivity contribution >= 4 is 17.5 Å². The maximum atomic E-state index is 12.9. The first-order chi connectivity index (χ1) is 13.6. The van der Waals surface area contributed by atoms with Crippen LogP contribution in [-0.4, -0.2) is 33.7 Å². The van der Waals surface area contributed by atoms with E-state index < -0.39 is 0 Å². The van der Waals surface area contributed by atoms with E-state index in [0.717, 1.165) is 48.4 Å². The van der Waals surface area contributed by atoms with Crippen molar-refractivity contribution in [2.24, 2.45) is 0 Å². The van der Waals surface area contributed by atoms with Crippen LogP contribution in [-0.2, 0) is 11.2 Å². The number of piperidine rings is 1. The molecule has 2 heterocycles. The van der Waals surface area contributed by atoms with Crippen molar-refractivity contribution in [2.45, 2.75) is 19.3 Å². The number of nitrogens with zero attached hydrogens (tertiary/aromatic N) is 3. The highest BCUT2D eigenvalue weighted by atomic mass is 35.5. The van der Waals surface area contributed by atoms with Crippen LogP contribution in [0.3, 0.4) is 0 Å². The van der Waals surface area contributed by atoms with Gasteiger partial charge in [-0.25, -0.2) is 4.68 Å². The summed E-state index contributed by atoms with van der Waals surface area (Å²) >= 11 is 6.04. The van der Waals surface area contributed by atoms with Gasteiger partial charge in [-0.15, -0.1) is 0 Å². The highest BCUT2D eigenvalue weighted by Crippen LogP contribution is 2.26. The van der Waals surface area contributed by atoms with Gasteiger partial charge >= 0.3 is 0 Å². The molecule has 4 rings (SSSR count). The summed E-state index contributed by atoms with van der Waals surface area (Å²) in [6.07, 6.45) is 4.06. The summed E-state index contributed by atoms with van der Waals surface area (Å²) in [5.74, 6) is 0.135. The van der Waals surface area contributed by atoms with Gasteiger partial charge in [-0.1, -0.05) is 54.1 Å². The number of benzene rings is 2. The zero-order chi connectivity index (χ0) is 19.5. The van der Waals surface area contributed by atoms with Crippen molar-refractivity contribution in [3.8, 4) is 16.9 Å². The molecule has 1 aromatic heterocycles. The SMILES string of the molecule is C=C1CCN(C(=O)Cc2cn(-c3ccccc3)nc2-c2ccc(Cl)cc2)CC1. The first-order valence-electron chi connectivity index (χ1n) is 9.44. The number of hydrogen-bond donors (Lipinski definition) is 0. The van der Waals surface area contributed by atoms with E-state index in [1.165, 1.54) is 5.57 Å².